The number of para-hydroxylation sites is 1. The summed E-state index contributed by atoms with van der Waals surface area (Å²) >= 11 is 0. The maximum absolute atomic E-state index is 12.9. The summed E-state index contributed by atoms with van der Waals surface area (Å²) in [5.74, 6) is 1.45. The predicted molar refractivity (Wildman–Crippen MR) is 252 cm³/mol. The van der Waals surface area contributed by atoms with Crippen LogP contribution in [0.25, 0.3) is 11.1 Å². The second kappa shape index (κ2) is 25.8. The van der Waals surface area contributed by atoms with Crippen LogP contribution in [0.3, 0.4) is 0 Å². The van der Waals surface area contributed by atoms with Gasteiger partial charge in [0.05, 0.1) is 18.8 Å². The van der Waals surface area contributed by atoms with Crippen LogP contribution in [-0.4, -0.2) is 41.8 Å². The molecular formula is C54H69N3O5. The van der Waals surface area contributed by atoms with Crippen molar-refractivity contribution in [2.45, 2.75) is 129 Å². The van der Waals surface area contributed by atoms with Gasteiger partial charge in [-0.25, -0.2) is 4.79 Å². The van der Waals surface area contributed by atoms with Gasteiger partial charge in [0.25, 0.3) is 0 Å². The number of carbonyl (C=O) groups excluding carboxylic acids is 1. The van der Waals surface area contributed by atoms with Crippen molar-refractivity contribution in [2.75, 3.05) is 25.0 Å². The highest BCUT2D eigenvalue weighted by Gasteiger charge is 2.33. The van der Waals surface area contributed by atoms with Crippen molar-refractivity contribution in [3.05, 3.63) is 150 Å². The third kappa shape index (κ3) is 15.4. The van der Waals surface area contributed by atoms with Crippen LogP contribution >= 0.6 is 0 Å². The van der Waals surface area contributed by atoms with Crippen LogP contribution in [0.5, 0.6) is 11.5 Å². The fourth-order valence-electron chi connectivity index (χ4n) is 8.16. The second-order valence-electron chi connectivity index (χ2n) is 16.8. The molecule has 3 atom stereocenters. The molecule has 0 saturated carbocycles. The minimum absolute atomic E-state index is 0.00113. The van der Waals surface area contributed by atoms with Crippen LogP contribution in [-0.2, 0) is 22.6 Å². The number of unbranched alkanes of at least 4 members (excludes halogenated alkanes) is 10. The average molecular weight is 840 g/mol. The lowest BCUT2D eigenvalue weighted by Gasteiger charge is -2.38. The van der Waals surface area contributed by atoms with Gasteiger partial charge in [0, 0.05) is 30.8 Å². The van der Waals surface area contributed by atoms with Gasteiger partial charge in [-0.15, -0.1) is 0 Å². The van der Waals surface area contributed by atoms with Crippen molar-refractivity contribution in [1.82, 2.24) is 10.2 Å². The number of urea groups is 1. The van der Waals surface area contributed by atoms with E-state index in [4.69, 9.17) is 14.2 Å². The third-order valence-electron chi connectivity index (χ3n) is 11.7. The van der Waals surface area contributed by atoms with E-state index in [0.29, 0.717) is 18.0 Å². The van der Waals surface area contributed by atoms with Gasteiger partial charge in [-0.2, -0.15) is 0 Å². The van der Waals surface area contributed by atoms with Crippen molar-refractivity contribution in [2.24, 2.45) is 0 Å². The number of hydrogen-bond acceptors (Lipinski definition) is 6. The molecule has 3 N–H and O–H groups in total. The van der Waals surface area contributed by atoms with Crippen LogP contribution in [0.1, 0.15) is 132 Å². The van der Waals surface area contributed by atoms with E-state index in [1.807, 2.05) is 78.9 Å². The van der Waals surface area contributed by atoms with E-state index < -0.39 is 6.29 Å². The maximum Gasteiger partial charge on any atom is 0.319 e. The number of amides is 2. The Balaban J connectivity index is 1.10. The standard InChI is InChI=1S/C54H69N3O5/c1-3-5-7-9-11-16-34-57(35-17-12-10-8-6-4-2)40-51-38-52(44-28-26-42(41-58)27-29-44)62-53(61-51)47-23-19-22-46(37-47)45-21-18-20-43(36-45)39-55-54(59)56-48-30-32-50(33-31-48)60-49-24-14-13-15-25-49/h13-15,18-33,36-37,51-53,58H,3-12,16-17,34-35,38-41H2,1-2H3,(H2,55,56,59). The molecule has 3 unspecified atom stereocenters. The molecule has 1 fully saturated rings. The zero-order valence-corrected chi connectivity index (χ0v) is 37.1. The Morgan fingerprint density at radius 1 is 0.645 bits per heavy atom. The summed E-state index contributed by atoms with van der Waals surface area (Å²) in [6.45, 7) is 8.02. The van der Waals surface area contributed by atoms with Gasteiger partial charge < -0.3 is 34.9 Å². The minimum atomic E-state index is -0.534. The van der Waals surface area contributed by atoms with Crippen molar-refractivity contribution >= 4 is 11.7 Å². The van der Waals surface area contributed by atoms with Gasteiger partial charge >= 0.3 is 6.03 Å². The first-order valence-electron chi connectivity index (χ1n) is 23.3. The SMILES string of the molecule is CCCCCCCCN(CCCCCCCC)CC1CC(c2ccc(CO)cc2)OC(c2cccc(-c3cccc(CNC(=O)Nc4ccc(Oc5ccccc5)cc4)c3)c2)O1. The Labute approximate surface area is 371 Å². The van der Waals surface area contributed by atoms with Gasteiger partial charge in [0.1, 0.15) is 11.5 Å². The summed E-state index contributed by atoms with van der Waals surface area (Å²) < 4.78 is 19.6. The average Bonchev–Trinajstić information content (AvgIpc) is 3.31. The molecule has 0 aromatic heterocycles. The highest BCUT2D eigenvalue weighted by molar-refractivity contribution is 5.89. The Kier molecular flexibility index (Phi) is 19.4. The first kappa shape index (κ1) is 46.5. The topological polar surface area (TPSA) is 92.3 Å². The largest absolute Gasteiger partial charge is 0.457 e. The summed E-state index contributed by atoms with van der Waals surface area (Å²) in [5, 5.41) is 15.7. The fraction of sp³-hybridized carbons (Fsp3) is 0.426. The van der Waals surface area contributed by atoms with E-state index >= 15 is 0 Å². The number of benzene rings is 5. The van der Waals surface area contributed by atoms with Crippen molar-refractivity contribution < 1.29 is 24.1 Å². The van der Waals surface area contributed by atoms with Gasteiger partial charge in [-0.05, 0) is 102 Å². The molecule has 62 heavy (non-hydrogen) atoms. The number of carbonyl (C=O) groups is 1. The molecule has 1 saturated heterocycles. The summed E-state index contributed by atoms with van der Waals surface area (Å²) in [7, 11) is 0. The Morgan fingerprint density at radius 2 is 1.27 bits per heavy atom. The molecule has 6 rings (SSSR count). The minimum Gasteiger partial charge on any atom is -0.457 e. The lowest BCUT2D eigenvalue weighted by Crippen LogP contribution is -2.40. The van der Waals surface area contributed by atoms with Crippen LogP contribution < -0.4 is 15.4 Å². The number of aliphatic hydroxyl groups excluding tert-OH is 1. The first-order valence-corrected chi connectivity index (χ1v) is 23.3. The van der Waals surface area contributed by atoms with E-state index in [9.17, 15) is 9.90 Å². The summed E-state index contributed by atoms with van der Waals surface area (Å²) in [4.78, 5) is 15.6. The number of hydrogen-bond donors (Lipinski definition) is 3. The smallest absolute Gasteiger partial charge is 0.319 e. The predicted octanol–water partition coefficient (Wildman–Crippen LogP) is 13.5. The number of nitrogens with one attached hydrogen (secondary N) is 2. The van der Waals surface area contributed by atoms with E-state index in [-0.39, 0.29) is 24.8 Å². The first-order chi connectivity index (χ1) is 30.5. The van der Waals surface area contributed by atoms with Gasteiger partial charge in [-0.3, -0.25) is 0 Å². The van der Waals surface area contributed by atoms with Gasteiger partial charge in [0.15, 0.2) is 6.29 Å². The molecule has 0 aliphatic carbocycles. The van der Waals surface area contributed by atoms with Crippen LogP contribution in [0, 0.1) is 0 Å². The molecule has 1 aliphatic heterocycles. The van der Waals surface area contributed by atoms with E-state index in [0.717, 1.165) is 65.2 Å². The molecule has 0 bridgehead atoms. The molecule has 2 amide bonds. The lowest BCUT2D eigenvalue weighted by molar-refractivity contribution is -0.253. The molecule has 5 aromatic rings. The molecular weight excluding hydrogens is 771 g/mol. The quantitative estimate of drug-likeness (QED) is 0.0507. The second-order valence-corrected chi connectivity index (χ2v) is 16.8. The van der Waals surface area contributed by atoms with Gasteiger partial charge in [-0.1, -0.05) is 157 Å². The number of anilines is 1. The Bertz CT molecular complexity index is 2010. The van der Waals surface area contributed by atoms with Gasteiger partial charge in [0.2, 0.25) is 0 Å². The summed E-state index contributed by atoms with van der Waals surface area (Å²) in [6, 6.07) is 41.5. The van der Waals surface area contributed by atoms with Crippen molar-refractivity contribution in [3.8, 4) is 22.6 Å². The number of ether oxygens (including phenoxy) is 3. The highest BCUT2D eigenvalue weighted by Crippen LogP contribution is 2.39. The maximum atomic E-state index is 12.9. The number of aliphatic hydroxyl groups is 1. The number of rotatable bonds is 25. The van der Waals surface area contributed by atoms with Crippen LogP contribution in [0.15, 0.2) is 127 Å². The molecule has 1 aliphatic rings. The normalized spacial score (nSPS) is 16.3. The molecule has 0 spiro atoms. The zero-order valence-electron chi connectivity index (χ0n) is 37.1. The highest BCUT2D eigenvalue weighted by atomic mass is 16.7. The summed E-state index contributed by atoms with van der Waals surface area (Å²) in [6.07, 6.45) is 15.6. The zero-order chi connectivity index (χ0) is 43.2. The monoisotopic (exact) mass is 840 g/mol. The Morgan fingerprint density at radius 3 is 1.95 bits per heavy atom. The van der Waals surface area contributed by atoms with E-state index in [1.165, 1.54) is 77.0 Å². The van der Waals surface area contributed by atoms with E-state index in [2.05, 4.69) is 77.9 Å². The number of nitrogens with zero attached hydrogens (tertiary/aromatic N) is 1. The molecule has 8 heteroatoms. The van der Waals surface area contributed by atoms with E-state index in [1.54, 1.807) is 0 Å². The Hall–Kier alpha value is -4.99. The lowest BCUT2D eigenvalue weighted by atomic mass is 9.98. The molecule has 1 heterocycles. The molecule has 8 nitrogen and oxygen atoms in total. The molecule has 0 radical (unpaired) electrons. The van der Waals surface area contributed by atoms with Crippen molar-refractivity contribution in [3.63, 3.8) is 0 Å². The van der Waals surface area contributed by atoms with Crippen LogP contribution in [0.4, 0.5) is 10.5 Å². The fourth-order valence-corrected chi connectivity index (χ4v) is 8.16. The third-order valence-corrected chi connectivity index (χ3v) is 11.7. The van der Waals surface area contributed by atoms with Crippen molar-refractivity contribution in [1.29, 1.82) is 0 Å². The molecule has 5 aromatic carbocycles. The summed E-state index contributed by atoms with van der Waals surface area (Å²) in [5.41, 5.74) is 6.74. The van der Waals surface area contributed by atoms with Crippen LogP contribution in [0.2, 0.25) is 0 Å². The molecule has 330 valence electrons.